The third kappa shape index (κ3) is 1.54. The van der Waals surface area contributed by atoms with Gasteiger partial charge in [0.15, 0.2) is 0 Å². The average Bonchev–Trinajstić information content (AvgIpc) is 1.88. The van der Waals surface area contributed by atoms with Crippen molar-refractivity contribution >= 4 is 5.97 Å². The number of nitrogens with one attached hydrogen (secondary N) is 1. The van der Waals surface area contributed by atoms with Gasteiger partial charge in [0, 0.05) is 13.1 Å². The molecule has 3 nitrogen and oxygen atoms in total. The van der Waals surface area contributed by atoms with E-state index in [1.165, 1.54) is 0 Å². The van der Waals surface area contributed by atoms with Gasteiger partial charge in [-0.05, 0) is 6.08 Å². The Morgan fingerprint density at radius 1 is 1.90 bits per heavy atom. The number of carbonyl (C=O) groups is 1. The van der Waals surface area contributed by atoms with E-state index in [2.05, 4.69) is 5.32 Å². The molecule has 1 atom stereocenters. The smallest absolute Gasteiger partial charge is 0.311 e. The molecule has 0 aromatic carbocycles. The third-order valence-electron chi connectivity index (χ3n) is 1.36. The van der Waals surface area contributed by atoms with E-state index in [-0.39, 0.29) is 6.54 Å². The summed E-state index contributed by atoms with van der Waals surface area (Å²) in [7, 11) is 0. The minimum Gasteiger partial charge on any atom is -0.481 e. The van der Waals surface area contributed by atoms with Crippen LogP contribution >= 0.6 is 0 Å². The lowest BCUT2D eigenvalue weighted by molar-refractivity contribution is -0.140. The molecule has 0 aromatic heterocycles. The zero-order valence-electron chi connectivity index (χ0n) is 5.30. The molecule has 1 unspecified atom stereocenters. The number of aliphatic carboxylic acids is 1. The number of hydrogen-bond acceptors (Lipinski definition) is 2. The van der Waals surface area contributed by atoms with Crippen LogP contribution in [0.4, 0.5) is 4.39 Å². The third-order valence-corrected chi connectivity index (χ3v) is 1.36. The Morgan fingerprint density at radius 2 is 2.60 bits per heavy atom. The minimum atomic E-state index is -0.984. The molecule has 0 saturated heterocycles. The largest absolute Gasteiger partial charge is 0.481 e. The van der Waals surface area contributed by atoms with Crippen molar-refractivity contribution in [3.05, 3.63) is 11.9 Å². The fourth-order valence-electron chi connectivity index (χ4n) is 0.842. The van der Waals surface area contributed by atoms with Crippen molar-refractivity contribution in [3.63, 3.8) is 0 Å². The predicted octanol–water partition coefficient (Wildman–Crippen LogP) is 0.144. The molecule has 0 bridgehead atoms. The van der Waals surface area contributed by atoms with Gasteiger partial charge in [-0.1, -0.05) is 0 Å². The molecule has 10 heavy (non-hydrogen) atoms. The van der Waals surface area contributed by atoms with Gasteiger partial charge >= 0.3 is 5.97 Å². The number of hydrogen-bond donors (Lipinski definition) is 2. The van der Waals surface area contributed by atoms with Gasteiger partial charge in [-0.15, -0.1) is 0 Å². The molecule has 1 aliphatic heterocycles. The maximum Gasteiger partial charge on any atom is 0.311 e. The van der Waals surface area contributed by atoms with Crippen molar-refractivity contribution in [2.45, 2.75) is 0 Å². The standard InChI is InChI=1S/C6H8FNO2/c7-5-1-4(6(9)10)2-8-3-5/h1,4,8H,2-3H2,(H,9,10). The highest BCUT2D eigenvalue weighted by Crippen LogP contribution is 2.08. The van der Waals surface area contributed by atoms with Crippen LogP contribution in [0.5, 0.6) is 0 Å². The second-order valence-electron chi connectivity index (χ2n) is 2.19. The Kier molecular flexibility index (Phi) is 2.01. The molecule has 1 rings (SSSR count). The van der Waals surface area contributed by atoms with Gasteiger partial charge in [-0.25, -0.2) is 4.39 Å². The van der Waals surface area contributed by atoms with Gasteiger partial charge in [0.05, 0.1) is 5.92 Å². The second-order valence-corrected chi connectivity index (χ2v) is 2.19. The Balaban J connectivity index is 2.62. The highest BCUT2D eigenvalue weighted by molar-refractivity contribution is 5.72. The zero-order chi connectivity index (χ0) is 7.56. The van der Waals surface area contributed by atoms with E-state index in [1.54, 1.807) is 0 Å². The topological polar surface area (TPSA) is 49.3 Å². The van der Waals surface area contributed by atoms with Gasteiger partial charge in [0.1, 0.15) is 5.83 Å². The predicted molar refractivity (Wildman–Crippen MR) is 33.2 cm³/mol. The number of carboxylic acids is 1. The lowest BCUT2D eigenvalue weighted by atomic mass is 10.1. The molecular formula is C6H8FNO2. The molecule has 0 spiro atoms. The maximum absolute atomic E-state index is 12.3. The molecule has 1 heterocycles. The first kappa shape index (κ1) is 7.21. The van der Waals surface area contributed by atoms with E-state index >= 15 is 0 Å². The lowest BCUT2D eigenvalue weighted by Gasteiger charge is -2.13. The summed E-state index contributed by atoms with van der Waals surface area (Å²) in [5.41, 5.74) is 0. The minimum absolute atomic E-state index is 0.157. The van der Waals surface area contributed by atoms with Crippen LogP contribution in [0.1, 0.15) is 0 Å². The van der Waals surface area contributed by atoms with Crippen molar-refractivity contribution in [2.75, 3.05) is 13.1 Å². The van der Waals surface area contributed by atoms with E-state index in [0.717, 1.165) is 6.08 Å². The molecule has 0 amide bonds. The molecule has 2 N–H and O–H groups in total. The summed E-state index contributed by atoms with van der Waals surface area (Å²) in [5.74, 6) is -2.07. The number of halogens is 1. The highest BCUT2D eigenvalue weighted by atomic mass is 19.1. The first-order chi connectivity index (χ1) is 4.70. The van der Waals surface area contributed by atoms with Crippen molar-refractivity contribution in [1.82, 2.24) is 5.32 Å². The van der Waals surface area contributed by atoms with Crippen molar-refractivity contribution in [3.8, 4) is 0 Å². The SMILES string of the molecule is O=C(O)C1C=C(F)CNC1. The number of carboxylic acid groups (broad SMARTS) is 1. The molecule has 0 aliphatic carbocycles. The molecule has 0 saturated carbocycles. The van der Waals surface area contributed by atoms with E-state index in [0.29, 0.717) is 6.54 Å². The summed E-state index contributed by atoms with van der Waals surface area (Å²) in [4.78, 5) is 10.2. The van der Waals surface area contributed by atoms with Crippen LogP contribution in [-0.2, 0) is 4.79 Å². The number of rotatable bonds is 1. The Morgan fingerprint density at radius 3 is 3.00 bits per heavy atom. The van der Waals surface area contributed by atoms with Gasteiger partial charge in [-0.3, -0.25) is 4.79 Å². The summed E-state index contributed by atoms with van der Waals surface area (Å²) in [6, 6.07) is 0. The second kappa shape index (κ2) is 2.79. The van der Waals surface area contributed by atoms with Crippen LogP contribution < -0.4 is 5.32 Å². The fraction of sp³-hybridized carbons (Fsp3) is 0.500. The Labute approximate surface area is 57.5 Å². The summed E-state index contributed by atoms with van der Waals surface area (Å²) >= 11 is 0. The summed E-state index contributed by atoms with van der Waals surface area (Å²) in [6.45, 7) is 0.479. The van der Waals surface area contributed by atoms with Crippen molar-refractivity contribution < 1.29 is 14.3 Å². The van der Waals surface area contributed by atoms with Gasteiger partial charge < -0.3 is 10.4 Å². The van der Waals surface area contributed by atoms with Gasteiger partial charge in [0.25, 0.3) is 0 Å². The van der Waals surface area contributed by atoms with E-state index in [9.17, 15) is 9.18 Å². The van der Waals surface area contributed by atoms with Crippen LogP contribution in [0.25, 0.3) is 0 Å². The quantitative estimate of drug-likeness (QED) is 0.552. The molecule has 0 aromatic rings. The Bertz CT molecular complexity index is 179. The first-order valence-electron chi connectivity index (χ1n) is 3.00. The molecule has 4 heteroatoms. The van der Waals surface area contributed by atoms with Crippen molar-refractivity contribution in [2.24, 2.45) is 5.92 Å². The summed E-state index contributed by atoms with van der Waals surface area (Å²) in [6.07, 6.45) is 1.14. The van der Waals surface area contributed by atoms with Crippen LogP contribution in [0.3, 0.4) is 0 Å². The normalized spacial score (nSPS) is 25.7. The highest BCUT2D eigenvalue weighted by Gasteiger charge is 2.18. The molecule has 1 aliphatic rings. The molecular weight excluding hydrogens is 137 g/mol. The first-order valence-corrected chi connectivity index (χ1v) is 3.00. The van der Waals surface area contributed by atoms with Gasteiger partial charge in [-0.2, -0.15) is 0 Å². The summed E-state index contributed by atoms with van der Waals surface area (Å²) < 4.78 is 12.3. The fourth-order valence-corrected chi connectivity index (χ4v) is 0.842. The Hall–Kier alpha value is -0.900. The molecule has 0 fully saturated rings. The molecule has 0 radical (unpaired) electrons. The monoisotopic (exact) mass is 145 g/mol. The van der Waals surface area contributed by atoms with Crippen molar-refractivity contribution in [1.29, 1.82) is 0 Å². The average molecular weight is 145 g/mol. The van der Waals surface area contributed by atoms with Crippen LogP contribution in [0, 0.1) is 5.92 Å². The van der Waals surface area contributed by atoms with E-state index in [4.69, 9.17) is 5.11 Å². The van der Waals surface area contributed by atoms with Crippen LogP contribution in [0.15, 0.2) is 11.9 Å². The van der Waals surface area contributed by atoms with E-state index < -0.39 is 17.7 Å². The van der Waals surface area contributed by atoms with Crippen LogP contribution in [0.2, 0.25) is 0 Å². The molecule has 56 valence electrons. The van der Waals surface area contributed by atoms with Gasteiger partial charge in [0.2, 0.25) is 0 Å². The maximum atomic E-state index is 12.3. The summed E-state index contributed by atoms with van der Waals surface area (Å²) in [5, 5.41) is 11.0. The zero-order valence-corrected chi connectivity index (χ0v) is 5.30. The lowest BCUT2D eigenvalue weighted by Crippen LogP contribution is -2.32. The van der Waals surface area contributed by atoms with Crippen LogP contribution in [-0.4, -0.2) is 24.2 Å². The van der Waals surface area contributed by atoms with E-state index in [1.807, 2.05) is 0 Å².